The number of urea groups is 1. The molecule has 0 aliphatic rings. The molecule has 0 heterocycles. The molecule has 13 heavy (non-hydrogen) atoms. The monoisotopic (exact) mass is 222 g/mol. The number of nitrogens with one attached hydrogen (secondary N) is 1. The van der Waals surface area contributed by atoms with Crippen LogP contribution >= 0.6 is 23.2 Å². The molecule has 0 aliphatic heterocycles. The zero-order valence-corrected chi connectivity index (χ0v) is 7.79. The summed E-state index contributed by atoms with van der Waals surface area (Å²) in [6.45, 7) is 0. The van der Waals surface area contributed by atoms with Gasteiger partial charge in [0.15, 0.2) is 0 Å². The zero-order valence-electron chi connectivity index (χ0n) is 6.27. The molecular formula is C7H5Cl2FN2O. The number of primary amides is 1. The van der Waals surface area contributed by atoms with E-state index in [2.05, 4.69) is 5.32 Å². The second-order valence-electron chi connectivity index (χ2n) is 2.21. The second kappa shape index (κ2) is 3.81. The van der Waals surface area contributed by atoms with Crippen molar-refractivity contribution in [2.75, 3.05) is 5.32 Å². The van der Waals surface area contributed by atoms with E-state index in [4.69, 9.17) is 28.9 Å². The first-order chi connectivity index (χ1) is 6.02. The summed E-state index contributed by atoms with van der Waals surface area (Å²) < 4.78 is 12.7. The summed E-state index contributed by atoms with van der Waals surface area (Å²) in [6.07, 6.45) is 0. The highest BCUT2D eigenvalue weighted by molar-refractivity contribution is 6.44. The highest BCUT2D eigenvalue weighted by Gasteiger charge is 2.10. The molecule has 1 aromatic carbocycles. The Labute approximate surface area is 83.6 Å². The predicted molar refractivity (Wildman–Crippen MR) is 49.6 cm³/mol. The molecule has 6 heteroatoms. The molecule has 3 N–H and O–H groups in total. The average molecular weight is 223 g/mol. The van der Waals surface area contributed by atoms with Gasteiger partial charge in [-0.05, 0) is 12.1 Å². The molecule has 0 saturated carbocycles. The molecule has 0 fully saturated rings. The Morgan fingerprint density at radius 3 is 2.54 bits per heavy atom. The van der Waals surface area contributed by atoms with Gasteiger partial charge in [0.25, 0.3) is 0 Å². The van der Waals surface area contributed by atoms with Crippen molar-refractivity contribution in [3.8, 4) is 0 Å². The van der Waals surface area contributed by atoms with Gasteiger partial charge in [-0.1, -0.05) is 23.2 Å². The lowest BCUT2D eigenvalue weighted by molar-refractivity contribution is 0.259. The summed E-state index contributed by atoms with van der Waals surface area (Å²) in [6, 6.07) is 1.57. The fourth-order valence-corrected chi connectivity index (χ4v) is 1.12. The van der Waals surface area contributed by atoms with Crippen LogP contribution in [0.4, 0.5) is 14.9 Å². The van der Waals surface area contributed by atoms with Crippen molar-refractivity contribution < 1.29 is 9.18 Å². The standard InChI is InChI=1S/C7H5Cl2FN2O/c8-5-3(10)1-2-4(6(5)9)12-7(11)13/h1-2H,(H3,11,12,13). The van der Waals surface area contributed by atoms with E-state index in [1.165, 1.54) is 6.07 Å². The van der Waals surface area contributed by atoms with E-state index in [1.807, 2.05) is 0 Å². The topological polar surface area (TPSA) is 55.1 Å². The Morgan fingerprint density at radius 1 is 1.38 bits per heavy atom. The van der Waals surface area contributed by atoms with Crippen LogP contribution in [-0.2, 0) is 0 Å². The van der Waals surface area contributed by atoms with Gasteiger partial charge in [-0.25, -0.2) is 9.18 Å². The van der Waals surface area contributed by atoms with Crippen LogP contribution in [0.15, 0.2) is 12.1 Å². The van der Waals surface area contributed by atoms with Gasteiger partial charge in [0.05, 0.1) is 15.7 Å². The summed E-state index contributed by atoms with van der Waals surface area (Å²) in [5.74, 6) is -0.651. The number of carbonyl (C=O) groups excluding carboxylic acids is 1. The highest BCUT2D eigenvalue weighted by atomic mass is 35.5. The fourth-order valence-electron chi connectivity index (χ4n) is 0.755. The fraction of sp³-hybridized carbons (Fsp3) is 0. The Kier molecular flexibility index (Phi) is 2.95. The maximum absolute atomic E-state index is 12.7. The van der Waals surface area contributed by atoms with Crippen LogP contribution in [0.5, 0.6) is 0 Å². The Bertz CT molecular complexity index is 357. The third-order valence-electron chi connectivity index (χ3n) is 1.29. The molecule has 0 bridgehead atoms. The third kappa shape index (κ3) is 2.23. The van der Waals surface area contributed by atoms with E-state index in [9.17, 15) is 9.18 Å². The maximum Gasteiger partial charge on any atom is 0.316 e. The summed E-state index contributed by atoms with van der Waals surface area (Å²) in [5, 5.41) is 1.89. The lowest BCUT2D eigenvalue weighted by Gasteiger charge is -2.05. The van der Waals surface area contributed by atoms with Crippen molar-refractivity contribution >= 4 is 34.9 Å². The van der Waals surface area contributed by atoms with Crippen LogP contribution in [0.25, 0.3) is 0 Å². The number of hydrogen-bond donors (Lipinski definition) is 2. The van der Waals surface area contributed by atoms with Crippen molar-refractivity contribution in [1.82, 2.24) is 0 Å². The number of carbonyl (C=O) groups is 1. The van der Waals surface area contributed by atoms with Gasteiger partial charge >= 0.3 is 6.03 Å². The van der Waals surface area contributed by atoms with Crippen LogP contribution in [0.1, 0.15) is 0 Å². The minimum absolute atomic E-state index is 0.0690. The van der Waals surface area contributed by atoms with Gasteiger partial charge in [0.1, 0.15) is 5.82 Å². The van der Waals surface area contributed by atoms with Gasteiger partial charge < -0.3 is 11.1 Å². The van der Waals surface area contributed by atoms with E-state index < -0.39 is 11.8 Å². The molecule has 1 rings (SSSR count). The van der Waals surface area contributed by atoms with E-state index in [1.54, 1.807) is 0 Å². The molecule has 0 aliphatic carbocycles. The number of nitrogens with two attached hydrogens (primary N) is 1. The molecule has 0 unspecified atom stereocenters. The second-order valence-corrected chi connectivity index (χ2v) is 2.97. The first-order valence-corrected chi connectivity index (χ1v) is 3.98. The third-order valence-corrected chi connectivity index (χ3v) is 2.15. The number of halogens is 3. The predicted octanol–water partition coefficient (Wildman–Crippen LogP) is 2.62. The molecule has 0 atom stereocenters. The van der Waals surface area contributed by atoms with Crippen molar-refractivity contribution in [3.63, 3.8) is 0 Å². The van der Waals surface area contributed by atoms with Gasteiger partial charge in [-0.2, -0.15) is 0 Å². The van der Waals surface area contributed by atoms with Gasteiger partial charge in [-0.15, -0.1) is 0 Å². The number of amides is 2. The number of benzene rings is 1. The first-order valence-electron chi connectivity index (χ1n) is 3.22. The molecule has 1 aromatic rings. The number of anilines is 1. The molecule has 2 amide bonds. The van der Waals surface area contributed by atoms with Gasteiger partial charge in [0.2, 0.25) is 0 Å². The summed E-state index contributed by atoms with van der Waals surface area (Å²) >= 11 is 11.1. The van der Waals surface area contributed by atoms with Crippen molar-refractivity contribution in [1.29, 1.82) is 0 Å². The highest BCUT2D eigenvalue weighted by Crippen LogP contribution is 2.31. The van der Waals surface area contributed by atoms with Crippen LogP contribution in [0.3, 0.4) is 0 Å². The first kappa shape index (κ1) is 10.1. The SMILES string of the molecule is NC(=O)Nc1ccc(F)c(Cl)c1Cl. The molecule has 0 aromatic heterocycles. The Hall–Kier alpha value is -1.00. The van der Waals surface area contributed by atoms with E-state index in [-0.39, 0.29) is 15.7 Å². The minimum atomic E-state index is -0.787. The van der Waals surface area contributed by atoms with Crippen molar-refractivity contribution in [2.45, 2.75) is 0 Å². The lowest BCUT2D eigenvalue weighted by atomic mass is 10.3. The van der Waals surface area contributed by atoms with E-state index in [0.29, 0.717) is 0 Å². The largest absolute Gasteiger partial charge is 0.351 e. The lowest BCUT2D eigenvalue weighted by Crippen LogP contribution is -2.19. The Morgan fingerprint density at radius 2 is 2.00 bits per heavy atom. The molecule has 0 radical (unpaired) electrons. The molecule has 3 nitrogen and oxygen atoms in total. The van der Waals surface area contributed by atoms with Crippen LogP contribution in [0, 0.1) is 5.82 Å². The summed E-state index contributed by atoms with van der Waals surface area (Å²) in [5.41, 5.74) is 5.02. The van der Waals surface area contributed by atoms with E-state index >= 15 is 0 Å². The minimum Gasteiger partial charge on any atom is -0.351 e. The van der Waals surface area contributed by atoms with Crippen LogP contribution in [-0.4, -0.2) is 6.03 Å². The van der Waals surface area contributed by atoms with Gasteiger partial charge in [0, 0.05) is 0 Å². The maximum atomic E-state index is 12.7. The van der Waals surface area contributed by atoms with Crippen LogP contribution in [0.2, 0.25) is 10.0 Å². The Balaban J connectivity index is 3.10. The smallest absolute Gasteiger partial charge is 0.316 e. The van der Waals surface area contributed by atoms with Gasteiger partial charge in [-0.3, -0.25) is 0 Å². The van der Waals surface area contributed by atoms with E-state index in [0.717, 1.165) is 6.07 Å². The molecule has 70 valence electrons. The number of rotatable bonds is 1. The average Bonchev–Trinajstić information content (AvgIpc) is 2.06. The molecule has 0 saturated heterocycles. The molecular weight excluding hydrogens is 218 g/mol. The van der Waals surface area contributed by atoms with Crippen molar-refractivity contribution in [2.24, 2.45) is 5.73 Å². The normalized spacial score (nSPS) is 9.77. The van der Waals surface area contributed by atoms with Crippen LogP contribution < -0.4 is 11.1 Å². The number of hydrogen-bond acceptors (Lipinski definition) is 1. The summed E-state index contributed by atoms with van der Waals surface area (Å²) in [4.78, 5) is 10.4. The quantitative estimate of drug-likeness (QED) is 0.706. The zero-order chi connectivity index (χ0) is 10.0. The molecule has 0 spiro atoms. The summed E-state index contributed by atoms with van der Waals surface area (Å²) in [7, 11) is 0. The van der Waals surface area contributed by atoms with Crippen molar-refractivity contribution in [3.05, 3.63) is 28.0 Å².